The zero-order valence-corrected chi connectivity index (χ0v) is 24.2. The first kappa shape index (κ1) is 36.5. The van der Waals surface area contributed by atoms with Gasteiger partial charge in [-0.05, 0) is 32.9 Å². The zero-order valence-electron chi connectivity index (χ0n) is 24.2. The van der Waals surface area contributed by atoms with E-state index in [9.17, 15) is 0 Å². The maximum atomic E-state index is 5.78. The Balaban J connectivity index is 1.60. The molecule has 1 aliphatic rings. The van der Waals surface area contributed by atoms with E-state index < -0.39 is 0 Å². The molecule has 1 aliphatic heterocycles. The Bertz CT molecular complexity index is 459. The first-order chi connectivity index (χ1) is 19.4. The highest BCUT2D eigenvalue weighted by Crippen LogP contribution is 2.06. The SMILES string of the molecule is CCOCCOCCOCCOCCOCCOCCOCCOCCOCCOCCOC1CCNCC1. The second kappa shape index (κ2) is 32.0. The van der Waals surface area contributed by atoms with Crippen molar-refractivity contribution in [3.63, 3.8) is 0 Å². The summed E-state index contributed by atoms with van der Waals surface area (Å²) >= 11 is 0. The quantitative estimate of drug-likeness (QED) is 0.116. The van der Waals surface area contributed by atoms with Gasteiger partial charge in [-0.2, -0.15) is 0 Å². The van der Waals surface area contributed by atoms with Gasteiger partial charge in [0.25, 0.3) is 0 Å². The van der Waals surface area contributed by atoms with Crippen molar-refractivity contribution in [1.29, 1.82) is 0 Å². The second-order valence-corrected chi connectivity index (χ2v) is 8.53. The number of piperidine rings is 1. The molecular formula is C27H55NO11. The molecule has 0 unspecified atom stereocenters. The van der Waals surface area contributed by atoms with Crippen molar-refractivity contribution in [2.24, 2.45) is 0 Å². The van der Waals surface area contributed by atoms with Gasteiger partial charge in [-0.25, -0.2) is 0 Å². The van der Waals surface area contributed by atoms with Crippen LogP contribution in [0.5, 0.6) is 0 Å². The lowest BCUT2D eigenvalue weighted by Gasteiger charge is -2.22. The van der Waals surface area contributed by atoms with E-state index in [1.807, 2.05) is 6.92 Å². The molecule has 0 aromatic carbocycles. The highest BCUT2D eigenvalue weighted by Gasteiger charge is 2.12. The molecule has 0 aliphatic carbocycles. The molecule has 39 heavy (non-hydrogen) atoms. The molecule has 0 spiro atoms. The van der Waals surface area contributed by atoms with Crippen molar-refractivity contribution >= 4 is 0 Å². The fourth-order valence-electron chi connectivity index (χ4n) is 3.36. The third-order valence-electron chi connectivity index (χ3n) is 5.42. The molecule has 12 heteroatoms. The predicted molar refractivity (Wildman–Crippen MR) is 146 cm³/mol. The van der Waals surface area contributed by atoms with Crippen LogP contribution in [0.4, 0.5) is 0 Å². The molecule has 0 amide bonds. The van der Waals surface area contributed by atoms with Crippen LogP contribution in [0.1, 0.15) is 19.8 Å². The summed E-state index contributed by atoms with van der Waals surface area (Å²) in [7, 11) is 0. The lowest BCUT2D eigenvalue weighted by Crippen LogP contribution is -2.33. The molecule has 1 saturated heterocycles. The second-order valence-electron chi connectivity index (χ2n) is 8.53. The van der Waals surface area contributed by atoms with E-state index in [0.29, 0.717) is 145 Å². The van der Waals surface area contributed by atoms with E-state index in [1.165, 1.54) is 0 Å². The summed E-state index contributed by atoms with van der Waals surface area (Å²) < 4.78 is 60.1. The highest BCUT2D eigenvalue weighted by atomic mass is 16.6. The van der Waals surface area contributed by atoms with Crippen LogP contribution in [0.25, 0.3) is 0 Å². The van der Waals surface area contributed by atoms with Crippen LogP contribution in [0, 0.1) is 0 Å². The highest BCUT2D eigenvalue weighted by molar-refractivity contribution is 4.67. The van der Waals surface area contributed by atoms with Crippen LogP contribution >= 0.6 is 0 Å². The van der Waals surface area contributed by atoms with Crippen LogP contribution in [0.15, 0.2) is 0 Å². The van der Waals surface area contributed by atoms with Gasteiger partial charge in [0, 0.05) is 6.61 Å². The van der Waals surface area contributed by atoms with Crippen LogP contribution in [0.2, 0.25) is 0 Å². The van der Waals surface area contributed by atoms with Crippen LogP contribution in [0.3, 0.4) is 0 Å². The Labute approximate surface area is 235 Å². The monoisotopic (exact) mass is 569 g/mol. The lowest BCUT2D eigenvalue weighted by atomic mass is 10.1. The number of ether oxygens (including phenoxy) is 11. The molecule has 12 nitrogen and oxygen atoms in total. The fraction of sp³-hybridized carbons (Fsp3) is 1.00. The van der Waals surface area contributed by atoms with Crippen molar-refractivity contribution < 1.29 is 52.1 Å². The maximum absolute atomic E-state index is 5.78. The Morgan fingerprint density at radius 2 is 0.641 bits per heavy atom. The van der Waals surface area contributed by atoms with Gasteiger partial charge >= 0.3 is 0 Å². The average Bonchev–Trinajstić information content (AvgIpc) is 2.96. The molecule has 0 radical (unpaired) electrons. The van der Waals surface area contributed by atoms with Crippen molar-refractivity contribution in [2.75, 3.05) is 152 Å². The summed E-state index contributed by atoms with van der Waals surface area (Å²) in [4.78, 5) is 0. The predicted octanol–water partition coefficient (Wildman–Crippen LogP) is 0.941. The van der Waals surface area contributed by atoms with Gasteiger partial charge in [-0.3, -0.25) is 0 Å². The molecule has 1 heterocycles. The smallest absolute Gasteiger partial charge is 0.0704 e. The first-order valence-corrected chi connectivity index (χ1v) is 14.5. The Morgan fingerprint density at radius 3 is 0.923 bits per heavy atom. The number of hydrogen-bond acceptors (Lipinski definition) is 12. The van der Waals surface area contributed by atoms with Gasteiger partial charge < -0.3 is 57.4 Å². The summed E-state index contributed by atoms with van der Waals surface area (Å²) in [6, 6.07) is 0. The van der Waals surface area contributed by atoms with Crippen LogP contribution in [-0.4, -0.2) is 158 Å². The third-order valence-corrected chi connectivity index (χ3v) is 5.42. The van der Waals surface area contributed by atoms with E-state index in [-0.39, 0.29) is 0 Å². The normalized spacial score (nSPS) is 14.4. The fourth-order valence-corrected chi connectivity index (χ4v) is 3.36. The Morgan fingerprint density at radius 1 is 0.385 bits per heavy atom. The van der Waals surface area contributed by atoms with Gasteiger partial charge in [-0.1, -0.05) is 0 Å². The molecule has 0 aromatic rings. The van der Waals surface area contributed by atoms with Crippen LogP contribution in [-0.2, 0) is 52.1 Å². The van der Waals surface area contributed by atoms with E-state index >= 15 is 0 Å². The average molecular weight is 570 g/mol. The van der Waals surface area contributed by atoms with E-state index in [1.54, 1.807) is 0 Å². The summed E-state index contributed by atoms with van der Waals surface area (Å²) in [5.74, 6) is 0. The minimum Gasteiger partial charge on any atom is -0.379 e. The zero-order chi connectivity index (χ0) is 27.7. The number of hydrogen-bond donors (Lipinski definition) is 1. The van der Waals surface area contributed by atoms with E-state index in [4.69, 9.17) is 52.1 Å². The van der Waals surface area contributed by atoms with Crippen molar-refractivity contribution in [2.45, 2.75) is 25.9 Å². The standard InChI is InChI=1S/C27H55NO11/c1-2-29-7-8-30-9-10-31-11-12-32-13-14-33-15-16-34-17-18-35-19-20-36-21-22-37-23-24-38-25-26-39-27-3-5-28-6-4-27/h27-28H,2-26H2,1H3. The summed E-state index contributed by atoms with van der Waals surface area (Å²) in [6.45, 7) is 15.9. The minimum absolute atomic E-state index is 0.376. The van der Waals surface area contributed by atoms with Crippen molar-refractivity contribution in [3.8, 4) is 0 Å². The van der Waals surface area contributed by atoms with E-state index in [2.05, 4.69) is 5.32 Å². The molecule has 0 saturated carbocycles. The molecule has 1 rings (SSSR count). The Hall–Kier alpha value is -0.480. The lowest BCUT2D eigenvalue weighted by molar-refractivity contribution is -0.0324. The molecule has 1 fully saturated rings. The van der Waals surface area contributed by atoms with Gasteiger partial charge in [0.05, 0.1) is 138 Å². The minimum atomic E-state index is 0.376. The molecule has 234 valence electrons. The third kappa shape index (κ3) is 28.8. The summed E-state index contributed by atoms with van der Waals surface area (Å²) in [5, 5.41) is 3.33. The number of nitrogens with one attached hydrogen (secondary N) is 1. The number of rotatable bonds is 32. The molecule has 1 N–H and O–H groups in total. The van der Waals surface area contributed by atoms with Crippen LogP contribution < -0.4 is 5.32 Å². The van der Waals surface area contributed by atoms with Gasteiger partial charge in [0.1, 0.15) is 0 Å². The molecule has 0 atom stereocenters. The van der Waals surface area contributed by atoms with Gasteiger partial charge in [0.2, 0.25) is 0 Å². The van der Waals surface area contributed by atoms with Gasteiger partial charge in [0.15, 0.2) is 0 Å². The van der Waals surface area contributed by atoms with Gasteiger partial charge in [-0.15, -0.1) is 0 Å². The topological polar surface area (TPSA) is 114 Å². The largest absolute Gasteiger partial charge is 0.379 e. The summed E-state index contributed by atoms with van der Waals surface area (Å²) in [6.07, 6.45) is 2.54. The maximum Gasteiger partial charge on any atom is 0.0704 e. The van der Waals surface area contributed by atoms with E-state index in [0.717, 1.165) is 25.9 Å². The first-order valence-electron chi connectivity index (χ1n) is 14.5. The summed E-state index contributed by atoms with van der Waals surface area (Å²) in [5.41, 5.74) is 0. The molecular weight excluding hydrogens is 514 g/mol. The Kier molecular flexibility index (Phi) is 30.0. The molecule has 0 aromatic heterocycles. The van der Waals surface area contributed by atoms with Crippen molar-refractivity contribution in [1.82, 2.24) is 5.32 Å². The van der Waals surface area contributed by atoms with Crippen molar-refractivity contribution in [3.05, 3.63) is 0 Å². The molecule has 0 bridgehead atoms.